The van der Waals surface area contributed by atoms with Crippen molar-refractivity contribution in [3.05, 3.63) is 29.1 Å². The fourth-order valence-corrected chi connectivity index (χ4v) is 3.00. The second-order valence-electron chi connectivity index (χ2n) is 5.86. The van der Waals surface area contributed by atoms with Gasteiger partial charge in [0.1, 0.15) is 5.82 Å². The Bertz CT molecular complexity index is 495. The quantitative estimate of drug-likeness (QED) is 0.832. The van der Waals surface area contributed by atoms with Gasteiger partial charge in [-0.25, -0.2) is 4.39 Å². The van der Waals surface area contributed by atoms with E-state index in [1.54, 1.807) is 6.92 Å². The SMILES string of the molecule is Cc1cc(N)cc(C(=O)NC(C)C2CCCCC2)c1F. The van der Waals surface area contributed by atoms with E-state index in [1.165, 1.54) is 31.4 Å². The molecule has 1 unspecified atom stereocenters. The molecule has 0 aliphatic heterocycles. The second-order valence-corrected chi connectivity index (χ2v) is 5.86. The number of nitrogen functional groups attached to an aromatic ring is 1. The van der Waals surface area contributed by atoms with E-state index < -0.39 is 5.82 Å². The molecule has 1 aromatic carbocycles. The van der Waals surface area contributed by atoms with Crippen molar-refractivity contribution in [2.24, 2.45) is 5.92 Å². The lowest BCUT2D eigenvalue weighted by atomic mass is 9.84. The predicted octanol–water partition coefficient (Wildman–Crippen LogP) is 3.41. The van der Waals surface area contributed by atoms with E-state index in [4.69, 9.17) is 5.73 Å². The Morgan fingerprint density at radius 2 is 2.00 bits per heavy atom. The minimum atomic E-state index is -0.479. The maximum absolute atomic E-state index is 14.0. The number of nitrogens with one attached hydrogen (secondary N) is 1. The van der Waals surface area contributed by atoms with E-state index in [0.717, 1.165) is 12.8 Å². The van der Waals surface area contributed by atoms with E-state index in [2.05, 4.69) is 5.32 Å². The van der Waals surface area contributed by atoms with E-state index >= 15 is 0 Å². The molecular weight excluding hydrogens is 255 g/mol. The molecule has 1 fully saturated rings. The second kappa shape index (κ2) is 6.25. The summed E-state index contributed by atoms with van der Waals surface area (Å²) in [6, 6.07) is 3.02. The zero-order valence-corrected chi connectivity index (χ0v) is 12.2. The third-order valence-corrected chi connectivity index (χ3v) is 4.24. The minimum Gasteiger partial charge on any atom is -0.399 e. The maximum atomic E-state index is 14.0. The van der Waals surface area contributed by atoms with Gasteiger partial charge in [0, 0.05) is 11.7 Å². The van der Waals surface area contributed by atoms with Gasteiger partial charge in [-0.05, 0) is 50.3 Å². The third kappa shape index (κ3) is 3.30. The van der Waals surface area contributed by atoms with Crippen LogP contribution < -0.4 is 11.1 Å². The lowest BCUT2D eigenvalue weighted by Gasteiger charge is -2.28. The molecule has 2 rings (SSSR count). The first-order valence-electron chi connectivity index (χ1n) is 7.35. The summed E-state index contributed by atoms with van der Waals surface area (Å²) < 4.78 is 14.0. The number of carbonyl (C=O) groups is 1. The summed E-state index contributed by atoms with van der Waals surface area (Å²) in [5.41, 5.74) is 6.56. The number of hydrogen-bond donors (Lipinski definition) is 2. The minimum absolute atomic E-state index is 0.0464. The van der Waals surface area contributed by atoms with E-state index in [0.29, 0.717) is 17.2 Å². The molecule has 0 spiro atoms. The lowest BCUT2D eigenvalue weighted by Crippen LogP contribution is -2.39. The molecule has 1 aliphatic carbocycles. The summed E-state index contributed by atoms with van der Waals surface area (Å²) >= 11 is 0. The first kappa shape index (κ1) is 14.8. The van der Waals surface area contributed by atoms with Crippen molar-refractivity contribution >= 4 is 11.6 Å². The standard InChI is InChI=1S/C16H23FN2O/c1-10-8-13(18)9-14(15(10)17)16(20)19-11(2)12-6-4-3-5-7-12/h8-9,11-12H,3-7,18H2,1-2H3,(H,19,20). The highest BCUT2D eigenvalue weighted by Gasteiger charge is 2.23. The number of benzene rings is 1. The Labute approximate surface area is 119 Å². The van der Waals surface area contributed by atoms with E-state index in [1.807, 2.05) is 6.92 Å². The molecule has 110 valence electrons. The summed E-state index contributed by atoms with van der Waals surface area (Å²) in [6.07, 6.45) is 5.99. The van der Waals surface area contributed by atoms with Gasteiger partial charge in [-0.15, -0.1) is 0 Å². The van der Waals surface area contributed by atoms with Crippen LogP contribution in [0.1, 0.15) is 54.9 Å². The number of aryl methyl sites for hydroxylation is 1. The van der Waals surface area contributed by atoms with Crippen LogP contribution in [0.3, 0.4) is 0 Å². The molecule has 0 aromatic heterocycles. The van der Waals surface area contributed by atoms with Gasteiger partial charge >= 0.3 is 0 Å². The van der Waals surface area contributed by atoms with Crippen LogP contribution in [0.15, 0.2) is 12.1 Å². The highest BCUT2D eigenvalue weighted by molar-refractivity contribution is 5.95. The molecule has 0 heterocycles. The molecule has 1 amide bonds. The molecule has 1 aromatic rings. The zero-order valence-electron chi connectivity index (χ0n) is 12.2. The Morgan fingerprint density at radius 1 is 1.35 bits per heavy atom. The molecule has 1 aliphatic rings. The summed E-state index contributed by atoms with van der Waals surface area (Å²) in [5.74, 6) is -0.346. The number of anilines is 1. The average molecular weight is 278 g/mol. The number of carbonyl (C=O) groups excluding carboxylic acids is 1. The smallest absolute Gasteiger partial charge is 0.254 e. The Morgan fingerprint density at radius 3 is 2.65 bits per heavy atom. The summed E-state index contributed by atoms with van der Waals surface area (Å²) in [7, 11) is 0. The molecule has 3 N–H and O–H groups in total. The van der Waals surface area contributed by atoms with Crippen LogP contribution in [0.4, 0.5) is 10.1 Å². The Kier molecular flexibility index (Phi) is 4.63. The molecule has 0 saturated heterocycles. The van der Waals surface area contributed by atoms with Crippen LogP contribution in [-0.2, 0) is 0 Å². The molecule has 0 radical (unpaired) electrons. The van der Waals surface area contributed by atoms with Crippen molar-refractivity contribution < 1.29 is 9.18 Å². The fraction of sp³-hybridized carbons (Fsp3) is 0.562. The van der Waals surface area contributed by atoms with Crippen molar-refractivity contribution in [2.75, 3.05) is 5.73 Å². The van der Waals surface area contributed by atoms with Crippen molar-refractivity contribution in [1.82, 2.24) is 5.32 Å². The number of rotatable bonds is 3. The third-order valence-electron chi connectivity index (χ3n) is 4.24. The van der Waals surface area contributed by atoms with Gasteiger partial charge in [0.15, 0.2) is 0 Å². The van der Waals surface area contributed by atoms with Crippen molar-refractivity contribution in [3.63, 3.8) is 0 Å². The van der Waals surface area contributed by atoms with Crippen molar-refractivity contribution in [3.8, 4) is 0 Å². The summed E-state index contributed by atoms with van der Waals surface area (Å²) in [5, 5.41) is 2.93. The van der Waals surface area contributed by atoms with Crippen LogP contribution in [0.25, 0.3) is 0 Å². The van der Waals surface area contributed by atoms with Crippen molar-refractivity contribution in [1.29, 1.82) is 0 Å². The van der Waals surface area contributed by atoms with Crippen LogP contribution >= 0.6 is 0 Å². The highest BCUT2D eigenvalue weighted by Crippen LogP contribution is 2.26. The molecule has 0 bridgehead atoms. The molecule has 1 saturated carbocycles. The van der Waals surface area contributed by atoms with Gasteiger partial charge in [-0.1, -0.05) is 19.3 Å². The van der Waals surface area contributed by atoms with Crippen molar-refractivity contribution in [2.45, 2.75) is 52.0 Å². The maximum Gasteiger partial charge on any atom is 0.254 e. The lowest BCUT2D eigenvalue weighted by molar-refractivity contribution is 0.0915. The number of halogens is 1. The number of amides is 1. The topological polar surface area (TPSA) is 55.1 Å². The van der Waals surface area contributed by atoms with Crippen LogP contribution in [-0.4, -0.2) is 11.9 Å². The van der Waals surface area contributed by atoms with Gasteiger partial charge in [0.2, 0.25) is 0 Å². The molecule has 3 nitrogen and oxygen atoms in total. The first-order chi connectivity index (χ1) is 9.49. The van der Waals surface area contributed by atoms with E-state index in [9.17, 15) is 9.18 Å². The Balaban J connectivity index is 2.08. The van der Waals surface area contributed by atoms with Crippen LogP contribution in [0.5, 0.6) is 0 Å². The zero-order chi connectivity index (χ0) is 14.7. The van der Waals surface area contributed by atoms with Gasteiger partial charge in [-0.3, -0.25) is 4.79 Å². The van der Waals surface area contributed by atoms with Gasteiger partial charge < -0.3 is 11.1 Å². The fourth-order valence-electron chi connectivity index (χ4n) is 3.00. The molecule has 1 atom stereocenters. The van der Waals surface area contributed by atoms with Crippen LogP contribution in [0.2, 0.25) is 0 Å². The van der Waals surface area contributed by atoms with Gasteiger partial charge in [0.25, 0.3) is 5.91 Å². The van der Waals surface area contributed by atoms with E-state index in [-0.39, 0.29) is 17.5 Å². The van der Waals surface area contributed by atoms with Crippen LogP contribution in [0, 0.1) is 18.7 Å². The monoisotopic (exact) mass is 278 g/mol. The molecular formula is C16H23FN2O. The summed E-state index contributed by atoms with van der Waals surface area (Å²) in [4.78, 5) is 12.2. The van der Waals surface area contributed by atoms with Gasteiger partial charge in [0.05, 0.1) is 5.56 Å². The number of hydrogen-bond acceptors (Lipinski definition) is 2. The molecule has 20 heavy (non-hydrogen) atoms. The largest absolute Gasteiger partial charge is 0.399 e. The first-order valence-corrected chi connectivity index (χ1v) is 7.35. The highest BCUT2D eigenvalue weighted by atomic mass is 19.1. The Hall–Kier alpha value is -1.58. The average Bonchev–Trinajstić information content (AvgIpc) is 2.43. The number of nitrogens with two attached hydrogens (primary N) is 1. The van der Waals surface area contributed by atoms with Gasteiger partial charge in [-0.2, -0.15) is 0 Å². The normalized spacial score (nSPS) is 17.8. The molecule has 4 heteroatoms. The predicted molar refractivity (Wildman–Crippen MR) is 79.1 cm³/mol. The summed E-state index contributed by atoms with van der Waals surface area (Å²) in [6.45, 7) is 3.62.